The summed E-state index contributed by atoms with van der Waals surface area (Å²) in [6.45, 7) is 10.7. The lowest BCUT2D eigenvalue weighted by molar-refractivity contribution is 0.0422. The third kappa shape index (κ3) is 3.49. The summed E-state index contributed by atoms with van der Waals surface area (Å²) >= 11 is 0. The summed E-state index contributed by atoms with van der Waals surface area (Å²) in [6.07, 6.45) is 0. The molecule has 0 atom stereocenters. The number of hydrogen-bond donors (Lipinski definition) is 1. The van der Waals surface area contributed by atoms with Crippen molar-refractivity contribution in [2.24, 2.45) is 0 Å². The van der Waals surface area contributed by atoms with Gasteiger partial charge in [0.25, 0.3) is 5.89 Å². The molecule has 2 rings (SSSR count). The molecule has 0 aliphatic carbocycles. The van der Waals surface area contributed by atoms with Crippen LogP contribution in [0.2, 0.25) is 0 Å². The number of aromatic amines is 1. The Bertz CT molecular complexity index is 750. The average molecular weight is 319 g/mol. The Labute approximate surface area is 134 Å². The largest absolute Gasteiger partial charge is 0.451 e. The van der Waals surface area contributed by atoms with E-state index in [2.05, 4.69) is 15.1 Å². The Morgan fingerprint density at radius 1 is 1.26 bits per heavy atom. The van der Waals surface area contributed by atoms with Crippen molar-refractivity contribution in [2.75, 3.05) is 0 Å². The number of ether oxygens (including phenoxy) is 1. The van der Waals surface area contributed by atoms with Crippen LogP contribution in [-0.4, -0.2) is 26.9 Å². The second-order valence-corrected chi connectivity index (χ2v) is 6.52. The monoisotopic (exact) mass is 319 g/mol. The topological polar surface area (TPSA) is 98.1 Å². The summed E-state index contributed by atoms with van der Waals surface area (Å²) in [6, 6.07) is 0. The molecular weight excluding hydrogens is 298 g/mol. The Morgan fingerprint density at radius 2 is 1.91 bits per heavy atom. The predicted octanol–water partition coefficient (Wildman–Crippen LogP) is 2.87. The van der Waals surface area contributed by atoms with Gasteiger partial charge in [0.2, 0.25) is 0 Å². The standard InChI is InChI=1S/C16H21N3O4/c1-8-12(10(3)20)9(2)17-13(8)14(21)22-7-11-18-15(19-23-11)16(4,5)6/h17H,7H2,1-6H3. The van der Waals surface area contributed by atoms with Crippen LogP contribution in [0.15, 0.2) is 4.52 Å². The maximum atomic E-state index is 12.2. The van der Waals surface area contributed by atoms with Gasteiger partial charge in [-0.2, -0.15) is 4.98 Å². The van der Waals surface area contributed by atoms with Crippen LogP contribution in [0.4, 0.5) is 0 Å². The lowest BCUT2D eigenvalue weighted by atomic mass is 9.96. The van der Waals surface area contributed by atoms with Crippen molar-refractivity contribution in [3.05, 3.63) is 34.2 Å². The van der Waals surface area contributed by atoms with Gasteiger partial charge in [0.15, 0.2) is 18.2 Å². The fourth-order valence-corrected chi connectivity index (χ4v) is 2.30. The summed E-state index contributed by atoms with van der Waals surface area (Å²) in [7, 11) is 0. The number of esters is 1. The molecule has 0 aromatic carbocycles. The molecule has 2 heterocycles. The molecule has 0 unspecified atom stereocenters. The molecular formula is C16H21N3O4. The number of rotatable bonds is 4. The van der Waals surface area contributed by atoms with Crippen molar-refractivity contribution in [3.63, 3.8) is 0 Å². The molecule has 0 aliphatic rings. The van der Waals surface area contributed by atoms with Crippen molar-refractivity contribution >= 4 is 11.8 Å². The van der Waals surface area contributed by atoms with Gasteiger partial charge in [-0.05, 0) is 26.3 Å². The first-order valence-electron chi connectivity index (χ1n) is 7.31. The maximum Gasteiger partial charge on any atom is 0.355 e. The minimum Gasteiger partial charge on any atom is -0.451 e. The number of Topliss-reactive ketones (excluding diaryl/α,β-unsaturated/α-hetero) is 1. The van der Waals surface area contributed by atoms with Gasteiger partial charge >= 0.3 is 5.97 Å². The average Bonchev–Trinajstić information content (AvgIpc) is 3.00. The summed E-state index contributed by atoms with van der Waals surface area (Å²) in [4.78, 5) is 30.9. The Hall–Kier alpha value is -2.44. The molecule has 0 saturated heterocycles. The number of carbonyl (C=O) groups excluding carboxylic acids is 2. The van der Waals surface area contributed by atoms with E-state index in [1.54, 1.807) is 13.8 Å². The molecule has 7 nitrogen and oxygen atoms in total. The van der Waals surface area contributed by atoms with E-state index in [-0.39, 0.29) is 29.4 Å². The molecule has 0 radical (unpaired) electrons. The van der Waals surface area contributed by atoms with Gasteiger partial charge < -0.3 is 14.2 Å². The van der Waals surface area contributed by atoms with Crippen molar-refractivity contribution < 1.29 is 18.8 Å². The van der Waals surface area contributed by atoms with Gasteiger partial charge in [-0.15, -0.1) is 0 Å². The van der Waals surface area contributed by atoms with Gasteiger partial charge in [-0.1, -0.05) is 25.9 Å². The first kappa shape index (κ1) is 16.9. The van der Waals surface area contributed by atoms with Crippen molar-refractivity contribution in [3.8, 4) is 0 Å². The molecule has 2 aromatic rings. The highest BCUT2D eigenvalue weighted by Crippen LogP contribution is 2.21. The molecule has 0 aliphatic heterocycles. The number of aryl methyl sites for hydroxylation is 1. The van der Waals surface area contributed by atoms with E-state index in [4.69, 9.17) is 9.26 Å². The first-order valence-corrected chi connectivity index (χ1v) is 7.31. The second-order valence-electron chi connectivity index (χ2n) is 6.52. The van der Waals surface area contributed by atoms with Crippen LogP contribution in [0, 0.1) is 13.8 Å². The van der Waals surface area contributed by atoms with Gasteiger partial charge in [0.05, 0.1) is 0 Å². The van der Waals surface area contributed by atoms with E-state index >= 15 is 0 Å². The van der Waals surface area contributed by atoms with E-state index in [1.165, 1.54) is 6.92 Å². The Balaban J connectivity index is 2.10. The fourth-order valence-electron chi connectivity index (χ4n) is 2.30. The zero-order valence-corrected chi connectivity index (χ0v) is 14.2. The van der Waals surface area contributed by atoms with Crippen LogP contribution >= 0.6 is 0 Å². The zero-order chi connectivity index (χ0) is 17.4. The highest BCUT2D eigenvalue weighted by Gasteiger charge is 2.23. The number of hydrogen-bond acceptors (Lipinski definition) is 6. The van der Waals surface area contributed by atoms with E-state index in [0.717, 1.165) is 0 Å². The minimum atomic E-state index is -0.561. The lowest BCUT2D eigenvalue weighted by Gasteiger charge is -2.10. The number of nitrogens with one attached hydrogen (secondary N) is 1. The SMILES string of the molecule is CC(=O)c1c(C)[nH]c(C(=O)OCc2nc(C(C)(C)C)no2)c1C. The molecule has 23 heavy (non-hydrogen) atoms. The quantitative estimate of drug-likeness (QED) is 0.687. The van der Waals surface area contributed by atoms with Crippen LogP contribution in [-0.2, 0) is 16.8 Å². The van der Waals surface area contributed by atoms with Crippen LogP contribution < -0.4 is 0 Å². The van der Waals surface area contributed by atoms with Gasteiger partial charge in [-0.25, -0.2) is 4.79 Å². The second kappa shape index (κ2) is 5.98. The van der Waals surface area contributed by atoms with E-state index < -0.39 is 5.97 Å². The third-order valence-electron chi connectivity index (χ3n) is 3.46. The van der Waals surface area contributed by atoms with E-state index in [9.17, 15) is 9.59 Å². The van der Waals surface area contributed by atoms with Gasteiger partial charge in [0, 0.05) is 16.7 Å². The van der Waals surface area contributed by atoms with Crippen molar-refractivity contribution in [1.82, 2.24) is 15.1 Å². The Kier molecular flexibility index (Phi) is 4.40. The normalized spacial score (nSPS) is 11.6. The molecule has 7 heteroatoms. The van der Waals surface area contributed by atoms with Gasteiger partial charge in [-0.3, -0.25) is 4.79 Å². The smallest absolute Gasteiger partial charge is 0.355 e. The number of ketones is 1. The first-order chi connectivity index (χ1) is 10.6. The number of nitrogens with zero attached hydrogens (tertiary/aromatic N) is 2. The summed E-state index contributed by atoms with van der Waals surface area (Å²) in [5.41, 5.74) is 1.78. The molecule has 0 amide bonds. The summed E-state index contributed by atoms with van der Waals surface area (Å²) < 4.78 is 10.3. The predicted molar refractivity (Wildman–Crippen MR) is 82.4 cm³/mol. The van der Waals surface area contributed by atoms with Crippen molar-refractivity contribution in [1.29, 1.82) is 0 Å². The van der Waals surface area contributed by atoms with Crippen molar-refractivity contribution in [2.45, 2.75) is 53.6 Å². The third-order valence-corrected chi connectivity index (χ3v) is 3.46. The van der Waals surface area contributed by atoms with Crippen LogP contribution in [0.3, 0.4) is 0 Å². The minimum absolute atomic E-state index is 0.0954. The molecule has 0 fully saturated rings. The fraction of sp³-hybridized carbons (Fsp3) is 0.500. The lowest BCUT2D eigenvalue weighted by Crippen LogP contribution is -2.13. The molecule has 124 valence electrons. The Morgan fingerprint density at radius 3 is 2.39 bits per heavy atom. The summed E-state index contributed by atoms with van der Waals surface area (Å²) in [5.74, 6) is 0.126. The van der Waals surface area contributed by atoms with Gasteiger partial charge in [0.1, 0.15) is 5.69 Å². The van der Waals surface area contributed by atoms with Crippen LogP contribution in [0.25, 0.3) is 0 Å². The zero-order valence-electron chi connectivity index (χ0n) is 14.2. The maximum absolute atomic E-state index is 12.2. The van der Waals surface area contributed by atoms with E-state index in [0.29, 0.717) is 22.6 Å². The highest BCUT2D eigenvalue weighted by molar-refractivity contribution is 6.01. The number of aromatic nitrogens is 3. The van der Waals surface area contributed by atoms with Crippen LogP contribution in [0.1, 0.15) is 71.5 Å². The molecule has 2 aromatic heterocycles. The molecule has 0 saturated carbocycles. The molecule has 0 spiro atoms. The van der Waals surface area contributed by atoms with E-state index in [1.807, 2.05) is 20.8 Å². The number of H-pyrrole nitrogens is 1. The number of carbonyl (C=O) groups is 2. The molecule has 0 bridgehead atoms. The molecule has 1 N–H and O–H groups in total. The van der Waals surface area contributed by atoms with Crippen LogP contribution in [0.5, 0.6) is 0 Å². The summed E-state index contributed by atoms with van der Waals surface area (Å²) in [5, 5.41) is 3.87. The highest BCUT2D eigenvalue weighted by atomic mass is 16.6.